The van der Waals surface area contributed by atoms with Gasteiger partial charge in [0.2, 0.25) is 5.91 Å². The number of aryl methyl sites for hydroxylation is 1. The first-order valence-corrected chi connectivity index (χ1v) is 7.05. The Morgan fingerprint density at radius 3 is 3.05 bits per heavy atom. The Balaban J connectivity index is 1.75. The number of hydrogen-bond acceptors (Lipinski definition) is 4. The number of carbonyl (C=O) groups excluding carboxylic acids is 1. The quantitative estimate of drug-likeness (QED) is 0.793. The second-order valence-electron chi connectivity index (χ2n) is 5.30. The Labute approximate surface area is 117 Å². The Morgan fingerprint density at radius 1 is 1.42 bits per heavy atom. The summed E-state index contributed by atoms with van der Waals surface area (Å²) in [6, 6.07) is 2.15. The molecule has 2 atom stereocenters. The largest absolute Gasteiger partial charge is 0.356 e. The lowest BCUT2D eigenvalue weighted by atomic mass is 9.85. The lowest BCUT2D eigenvalue weighted by Gasteiger charge is -2.41. The van der Waals surface area contributed by atoms with E-state index < -0.39 is 0 Å². The zero-order chi connectivity index (χ0) is 13.4. The van der Waals surface area contributed by atoms with Gasteiger partial charge in [-0.15, -0.1) is 0 Å². The first kappa shape index (κ1) is 12.7. The Morgan fingerprint density at radius 2 is 2.26 bits per heavy atom. The van der Waals surface area contributed by atoms with Crippen LogP contribution in [0.1, 0.15) is 25.1 Å². The van der Waals surface area contributed by atoms with Crippen LogP contribution in [0.25, 0.3) is 0 Å². The maximum atomic E-state index is 11.4. The number of nitrogens with one attached hydrogen (secondary N) is 1. The Hall–Kier alpha value is -1.36. The van der Waals surface area contributed by atoms with Crippen LogP contribution in [-0.2, 0) is 4.79 Å². The van der Waals surface area contributed by atoms with E-state index in [1.54, 1.807) is 0 Å². The highest BCUT2D eigenvalue weighted by Gasteiger charge is 2.34. The highest BCUT2D eigenvalue weighted by atomic mass is 35.5. The van der Waals surface area contributed by atoms with E-state index in [2.05, 4.69) is 20.2 Å². The van der Waals surface area contributed by atoms with Crippen molar-refractivity contribution in [1.29, 1.82) is 0 Å². The van der Waals surface area contributed by atoms with Gasteiger partial charge in [-0.3, -0.25) is 4.79 Å². The minimum Gasteiger partial charge on any atom is -0.356 e. The summed E-state index contributed by atoms with van der Waals surface area (Å²) in [7, 11) is 0. The third-order valence-corrected chi connectivity index (χ3v) is 4.13. The van der Waals surface area contributed by atoms with Gasteiger partial charge in [-0.25, -0.2) is 9.97 Å². The van der Waals surface area contributed by atoms with Gasteiger partial charge in [-0.05, 0) is 25.7 Å². The summed E-state index contributed by atoms with van der Waals surface area (Å²) in [5.41, 5.74) is 0. The van der Waals surface area contributed by atoms with Crippen molar-refractivity contribution in [3.05, 3.63) is 17.0 Å². The van der Waals surface area contributed by atoms with E-state index in [0.717, 1.165) is 31.7 Å². The van der Waals surface area contributed by atoms with Crippen LogP contribution in [-0.4, -0.2) is 35.0 Å². The molecule has 0 aliphatic carbocycles. The van der Waals surface area contributed by atoms with Gasteiger partial charge in [-0.2, -0.15) is 0 Å². The van der Waals surface area contributed by atoms with Crippen molar-refractivity contribution in [3.8, 4) is 0 Å². The highest BCUT2D eigenvalue weighted by Crippen LogP contribution is 2.28. The molecule has 3 heterocycles. The molecule has 1 amide bonds. The maximum Gasteiger partial charge on any atom is 0.220 e. The van der Waals surface area contributed by atoms with E-state index in [9.17, 15) is 4.79 Å². The van der Waals surface area contributed by atoms with Crippen LogP contribution < -0.4 is 10.2 Å². The van der Waals surface area contributed by atoms with E-state index in [1.165, 1.54) is 0 Å². The van der Waals surface area contributed by atoms with Gasteiger partial charge >= 0.3 is 0 Å². The summed E-state index contributed by atoms with van der Waals surface area (Å²) in [4.78, 5) is 22.2. The molecule has 2 saturated heterocycles. The molecule has 2 aliphatic heterocycles. The number of anilines is 1. The summed E-state index contributed by atoms with van der Waals surface area (Å²) < 4.78 is 0. The molecule has 0 radical (unpaired) electrons. The molecule has 1 N–H and O–H groups in total. The topological polar surface area (TPSA) is 58.1 Å². The Bertz CT molecular complexity index is 487. The van der Waals surface area contributed by atoms with E-state index in [4.69, 9.17) is 11.6 Å². The molecule has 6 heteroatoms. The normalized spacial score (nSPS) is 26.8. The van der Waals surface area contributed by atoms with Gasteiger partial charge in [0.25, 0.3) is 0 Å². The van der Waals surface area contributed by atoms with Crippen molar-refractivity contribution in [1.82, 2.24) is 15.3 Å². The van der Waals surface area contributed by atoms with Crippen LogP contribution >= 0.6 is 11.6 Å². The molecule has 0 aromatic carbocycles. The van der Waals surface area contributed by atoms with Gasteiger partial charge in [0, 0.05) is 31.6 Å². The smallest absolute Gasteiger partial charge is 0.220 e. The van der Waals surface area contributed by atoms with E-state index in [1.807, 2.05) is 13.0 Å². The van der Waals surface area contributed by atoms with Gasteiger partial charge in [0.05, 0.1) is 0 Å². The second-order valence-corrected chi connectivity index (χ2v) is 5.69. The molecule has 1 aromatic heterocycles. The van der Waals surface area contributed by atoms with E-state index in [0.29, 0.717) is 29.4 Å². The molecule has 0 spiro atoms. The average Bonchev–Trinajstić information content (AvgIpc) is 2.37. The molecule has 5 nitrogen and oxygen atoms in total. The van der Waals surface area contributed by atoms with Crippen LogP contribution in [0.3, 0.4) is 0 Å². The molecule has 2 aliphatic rings. The van der Waals surface area contributed by atoms with Crippen LogP contribution in [0.15, 0.2) is 6.07 Å². The standard InChI is InChI=1S/C13H17ClN4O/c1-8-15-11(14)6-12(16-8)18-5-4-10-9(7-18)2-3-13(19)17-10/h6,9-10H,2-5,7H2,1H3,(H,17,19). The minimum atomic E-state index is 0.190. The van der Waals surface area contributed by atoms with Crippen LogP contribution in [0.5, 0.6) is 0 Å². The fourth-order valence-electron chi connectivity index (χ4n) is 3.00. The van der Waals surface area contributed by atoms with Crippen molar-refractivity contribution in [2.45, 2.75) is 32.2 Å². The number of aromatic nitrogens is 2. The molecule has 2 fully saturated rings. The van der Waals surface area contributed by atoms with E-state index in [-0.39, 0.29) is 5.91 Å². The monoisotopic (exact) mass is 280 g/mol. The van der Waals surface area contributed by atoms with Crippen molar-refractivity contribution in [2.75, 3.05) is 18.0 Å². The molecule has 3 rings (SSSR count). The number of fused-ring (bicyclic) bond motifs is 1. The van der Waals surface area contributed by atoms with Crippen LogP contribution in [0.2, 0.25) is 5.15 Å². The van der Waals surface area contributed by atoms with Crippen molar-refractivity contribution >= 4 is 23.3 Å². The van der Waals surface area contributed by atoms with Gasteiger partial charge in [-0.1, -0.05) is 11.6 Å². The third kappa shape index (κ3) is 2.66. The lowest BCUT2D eigenvalue weighted by molar-refractivity contribution is -0.124. The molecule has 0 bridgehead atoms. The predicted octanol–water partition coefficient (Wildman–Crippen LogP) is 1.54. The molecule has 0 saturated carbocycles. The van der Waals surface area contributed by atoms with Gasteiger partial charge in [0.15, 0.2) is 0 Å². The first-order valence-electron chi connectivity index (χ1n) is 6.67. The van der Waals surface area contributed by atoms with E-state index >= 15 is 0 Å². The number of amides is 1. The first-order chi connectivity index (χ1) is 9.11. The lowest BCUT2D eigenvalue weighted by Crippen LogP contribution is -2.54. The van der Waals surface area contributed by atoms with Crippen molar-refractivity contribution < 1.29 is 4.79 Å². The molecule has 102 valence electrons. The van der Waals surface area contributed by atoms with Crippen LogP contribution in [0, 0.1) is 12.8 Å². The fraction of sp³-hybridized carbons (Fsp3) is 0.615. The predicted molar refractivity (Wildman–Crippen MR) is 73.3 cm³/mol. The zero-order valence-electron chi connectivity index (χ0n) is 10.9. The summed E-state index contributed by atoms with van der Waals surface area (Å²) in [5.74, 6) is 2.30. The Kier molecular flexibility index (Phi) is 3.31. The summed E-state index contributed by atoms with van der Waals surface area (Å²) in [6.45, 7) is 3.68. The number of piperidine rings is 2. The average molecular weight is 281 g/mol. The van der Waals surface area contributed by atoms with Crippen molar-refractivity contribution in [3.63, 3.8) is 0 Å². The fourth-order valence-corrected chi connectivity index (χ4v) is 3.22. The molecule has 1 aromatic rings. The number of rotatable bonds is 1. The molecule has 19 heavy (non-hydrogen) atoms. The third-order valence-electron chi connectivity index (χ3n) is 3.94. The minimum absolute atomic E-state index is 0.190. The SMILES string of the molecule is Cc1nc(Cl)cc(N2CCC3NC(=O)CCC3C2)n1. The van der Waals surface area contributed by atoms with Gasteiger partial charge in [0.1, 0.15) is 16.8 Å². The zero-order valence-corrected chi connectivity index (χ0v) is 11.7. The highest BCUT2D eigenvalue weighted by molar-refractivity contribution is 6.29. The number of nitrogens with zero attached hydrogens (tertiary/aromatic N) is 3. The second kappa shape index (κ2) is 4.96. The van der Waals surface area contributed by atoms with Crippen LogP contribution in [0.4, 0.5) is 5.82 Å². The number of hydrogen-bond donors (Lipinski definition) is 1. The summed E-state index contributed by atoms with van der Waals surface area (Å²) >= 11 is 5.99. The molecular weight excluding hydrogens is 264 g/mol. The molecular formula is C13H17ClN4O. The molecule has 2 unspecified atom stereocenters. The van der Waals surface area contributed by atoms with Gasteiger partial charge < -0.3 is 10.2 Å². The summed E-state index contributed by atoms with van der Waals surface area (Å²) in [6.07, 6.45) is 2.57. The maximum absolute atomic E-state index is 11.4. The number of halogens is 1. The van der Waals surface area contributed by atoms with Crippen molar-refractivity contribution in [2.24, 2.45) is 5.92 Å². The number of carbonyl (C=O) groups is 1. The summed E-state index contributed by atoms with van der Waals surface area (Å²) in [5, 5.41) is 3.58.